The molecule has 0 radical (unpaired) electrons. The van der Waals surface area contributed by atoms with Crippen LogP contribution in [0, 0.1) is 0 Å². The van der Waals surface area contributed by atoms with Gasteiger partial charge in [0.05, 0.1) is 21.1 Å². The van der Waals surface area contributed by atoms with E-state index in [-0.39, 0.29) is 19.1 Å². The van der Waals surface area contributed by atoms with Crippen LogP contribution in [-0.2, 0) is 9.53 Å². The molecule has 0 saturated carbocycles. The normalized spacial score (nSPS) is 14.2. The van der Waals surface area contributed by atoms with Crippen molar-refractivity contribution in [1.29, 1.82) is 0 Å². The largest absolute Gasteiger partial charge is 0.480 e. The predicted octanol–water partition coefficient (Wildman–Crippen LogP) is 2.68. The highest BCUT2D eigenvalue weighted by Gasteiger charge is 2.31. The number of fused-ring (bicyclic) bond motifs is 3. The third kappa shape index (κ3) is 4.28. The molecule has 0 spiro atoms. The van der Waals surface area contributed by atoms with E-state index in [9.17, 15) is 14.7 Å². The molecule has 0 fully saturated rings. The zero-order valence-electron chi connectivity index (χ0n) is 15.8. The summed E-state index contributed by atoms with van der Waals surface area (Å²) in [7, 11) is 5.61. The third-order valence-corrected chi connectivity index (χ3v) is 4.66. The molecule has 0 bridgehead atoms. The second kappa shape index (κ2) is 7.40. The summed E-state index contributed by atoms with van der Waals surface area (Å²) in [6.07, 6.45) is -0.710. The van der Waals surface area contributed by atoms with Crippen LogP contribution < -0.4 is 5.32 Å². The van der Waals surface area contributed by atoms with Crippen LogP contribution in [0.1, 0.15) is 17.0 Å². The van der Waals surface area contributed by atoms with Crippen molar-refractivity contribution in [3.05, 3.63) is 59.7 Å². The Labute approximate surface area is 159 Å². The van der Waals surface area contributed by atoms with Crippen molar-refractivity contribution in [1.82, 2.24) is 5.32 Å². The second-order valence-corrected chi connectivity index (χ2v) is 7.83. The number of ether oxygens (including phenoxy) is 1. The van der Waals surface area contributed by atoms with E-state index in [2.05, 4.69) is 17.4 Å². The van der Waals surface area contributed by atoms with E-state index in [1.54, 1.807) is 0 Å². The number of benzene rings is 2. The average Bonchev–Trinajstić information content (AvgIpc) is 2.92. The first-order chi connectivity index (χ1) is 12.8. The minimum absolute atomic E-state index is 0.0511. The van der Waals surface area contributed by atoms with Gasteiger partial charge in [0.15, 0.2) is 6.04 Å². The van der Waals surface area contributed by atoms with Crippen molar-refractivity contribution in [3.8, 4) is 11.1 Å². The number of carbonyl (C=O) groups excluding carboxylic acids is 1. The van der Waals surface area contributed by atoms with Crippen LogP contribution in [0.5, 0.6) is 0 Å². The smallest absolute Gasteiger partial charge is 0.408 e. The molecule has 1 amide bonds. The van der Waals surface area contributed by atoms with Gasteiger partial charge in [0.2, 0.25) is 0 Å². The van der Waals surface area contributed by atoms with Gasteiger partial charge in [0, 0.05) is 5.92 Å². The van der Waals surface area contributed by atoms with Gasteiger partial charge >= 0.3 is 12.1 Å². The number of carboxylic acids is 1. The molecule has 2 aromatic carbocycles. The van der Waals surface area contributed by atoms with Crippen molar-refractivity contribution in [2.24, 2.45) is 0 Å². The average molecular weight is 369 g/mol. The number of carbonyl (C=O) groups is 2. The first-order valence-electron chi connectivity index (χ1n) is 8.91. The Morgan fingerprint density at radius 3 is 2.04 bits per heavy atom. The lowest BCUT2D eigenvalue weighted by Gasteiger charge is -2.27. The van der Waals surface area contributed by atoms with Gasteiger partial charge in [0.1, 0.15) is 13.2 Å². The number of rotatable bonds is 6. The fourth-order valence-electron chi connectivity index (χ4n) is 3.52. The maximum atomic E-state index is 12.2. The Balaban J connectivity index is 1.69. The first kappa shape index (κ1) is 18.9. The van der Waals surface area contributed by atoms with Crippen LogP contribution in [0.4, 0.5) is 4.79 Å². The van der Waals surface area contributed by atoms with E-state index >= 15 is 0 Å². The van der Waals surface area contributed by atoms with Crippen molar-refractivity contribution < 1.29 is 23.9 Å². The van der Waals surface area contributed by atoms with Gasteiger partial charge in [-0.25, -0.2) is 9.59 Å². The molecule has 3 rings (SSSR count). The Bertz CT molecular complexity index is 812. The highest BCUT2D eigenvalue weighted by Crippen LogP contribution is 2.44. The van der Waals surface area contributed by atoms with Crippen molar-refractivity contribution in [2.45, 2.75) is 12.0 Å². The highest BCUT2D eigenvalue weighted by atomic mass is 16.5. The number of aliphatic carboxylic acids is 1. The van der Waals surface area contributed by atoms with E-state index in [4.69, 9.17) is 4.74 Å². The molecule has 0 saturated heterocycles. The SMILES string of the molecule is C[N+](C)(C)C[C@H](NC(=O)OCC1c2ccccc2-c2ccccc21)C(=O)O. The van der Waals surface area contributed by atoms with Crippen molar-refractivity contribution in [2.75, 3.05) is 34.3 Å². The van der Waals surface area contributed by atoms with Crippen LogP contribution in [0.25, 0.3) is 11.1 Å². The second-order valence-electron chi connectivity index (χ2n) is 7.83. The Kier molecular flexibility index (Phi) is 5.19. The van der Waals surface area contributed by atoms with Gasteiger partial charge < -0.3 is 19.6 Å². The Hall–Kier alpha value is -2.86. The topological polar surface area (TPSA) is 75.6 Å². The van der Waals surface area contributed by atoms with E-state index in [0.29, 0.717) is 4.48 Å². The van der Waals surface area contributed by atoms with Gasteiger partial charge in [-0.1, -0.05) is 48.5 Å². The molecule has 0 heterocycles. The summed E-state index contributed by atoms with van der Waals surface area (Å²) in [5.74, 6) is -1.12. The zero-order chi connectivity index (χ0) is 19.6. The number of hydrogen-bond acceptors (Lipinski definition) is 3. The number of alkyl carbamates (subject to hydrolysis) is 1. The van der Waals surface area contributed by atoms with Gasteiger partial charge in [-0.3, -0.25) is 0 Å². The summed E-state index contributed by atoms with van der Waals surface area (Å²) in [6, 6.07) is 15.1. The molecular weight excluding hydrogens is 344 g/mol. The molecule has 27 heavy (non-hydrogen) atoms. The first-order valence-corrected chi connectivity index (χ1v) is 8.91. The summed E-state index contributed by atoms with van der Waals surface area (Å²) in [5, 5.41) is 11.8. The molecule has 142 valence electrons. The molecular formula is C21H25N2O4+. The molecule has 1 aliphatic carbocycles. The molecule has 6 heteroatoms. The van der Waals surface area contributed by atoms with Crippen LogP contribution in [0.2, 0.25) is 0 Å². The van der Waals surface area contributed by atoms with Crippen LogP contribution in [-0.4, -0.2) is 62.0 Å². The van der Waals surface area contributed by atoms with E-state index in [0.717, 1.165) is 22.3 Å². The number of likely N-dealkylation sites (N-methyl/N-ethyl adjacent to an activating group) is 1. The lowest BCUT2D eigenvalue weighted by Crippen LogP contribution is -2.52. The monoisotopic (exact) mass is 369 g/mol. The number of hydrogen-bond donors (Lipinski definition) is 2. The molecule has 0 aliphatic heterocycles. The number of amides is 1. The molecule has 1 atom stereocenters. The highest BCUT2D eigenvalue weighted by molar-refractivity contribution is 5.81. The summed E-state index contributed by atoms with van der Waals surface area (Å²) in [6.45, 7) is 0.427. The van der Waals surface area contributed by atoms with Crippen LogP contribution in [0.15, 0.2) is 48.5 Å². The summed E-state index contributed by atoms with van der Waals surface area (Å²) in [4.78, 5) is 23.6. The molecule has 6 nitrogen and oxygen atoms in total. The molecule has 2 N–H and O–H groups in total. The number of nitrogens with one attached hydrogen (secondary N) is 1. The summed E-state index contributed by atoms with van der Waals surface area (Å²) in [5.41, 5.74) is 4.53. The summed E-state index contributed by atoms with van der Waals surface area (Å²) >= 11 is 0. The summed E-state index contributed by atoms with van der Waals surface area (Å²) < 4.78 is 5.83. The van der Waals surface area contributed by atoms with Crippen LogP contribution >= 0.6 is 0 Å². The van der Waals surface area contributed by atoms with Gasteiger partial charge in [-0.2, -0.15) is 0 Å². The Morgan fingerprint density at radius 1 is 1.04 bits per heavy atom. The standard InChI is InChI=1S/C21H24N2O4/c1-23(2,3)12-19(20(24)25)22-21(26)27-13-18-16-10-6-4-8-14(16)15-9-5-7-11-17(15)18/h4-11,18-19H,12-13H2,1-3H3,(H-,22,24,25,26)/p+1/t19-/m0/s1. The van der Waals surface area contributed by atoms with Crippen molar-refractivity contribution >= 4 is 12.1 Å². The number of nitrogens with zero attached hydrogens (tertiary/aromatic N) is 1. The van der Waals surface area contributed by atoms with E-state index in [1.165, 1.54) is 0 Å². The lowest BCUT2D eigenvalue weighted by molar-refractivity contribution is -0.870. The van der Waals surface area contributed by atoms with Gasteiger partial charge in [0.25, 0.3) is 0 Å². The molecule has 0 aromatic heterocycles. The fraction of sp³-hybridized carbons (Fsp3) is 0.333. The van der Waals surface area contributed by atoms with Crippen molar-refractivity contribution in [3.63, 3.8) is 0 Å². The number of carboxylic acid groups (broad SMARTS) is 1. The van der Waals surface area contributed by atoms with Crippen LogP contribution in [0.3, 0.4) is 0 Å². The molecule has 1 aliphatic rings. The zero-order valence-corrected chi connectivity index (χ0v) is 15.8. The van der Waals surface area contributed by atoms with Gasteiger partial charge in [-0.15, -0.1) is 0 Å². The maximum absolute atomic E-state index is 12.2. The molecule has 0 unspecified atom stereocenters. The predicted molar refractivity (Wildman–Crippen MR) is 103 cm³/mol. The van der Waals surface area contributed by atoms with E-state index < -0.39 is 18.1 Å². The van der Waals surface area contributed by atoms with Gasteiger partial charge in [-0.05, 0) is 22.3 Å². The minimum atomic E-state index is -1.07. The fourth-order valence-corrected chi connectivity index (χ4v) is 3.52. The number of quaternary nitrogens is 1. The lowest BCUT2D eigenvalue weighted by atomic mass is 9.98. The quantitative estimate of drug-likeness (QED) is 0.768. The third-order valence-electron chi connectivity index (χ3n) is 4.66. The Morgan fingerprint density at radius 2 is 1.56 bits per heavy atom. The molecule has 2 aromatic rings. The maximum Gasteiger partial charge on any atom is 0.408 e. The van der Waals surface area contributed by atoms with E-state index in [1.807, 2.05) is 57.5 Å². The minimum Gasteiger partial charge on any atom is -0.480 e.